The molecule has 0 saturated heterocycles. The van der Waals surface area contributed by atoms with Crippen LogP contribution in [0.25, 0.3) is 0 Å². The van der Waals surface area contributed by atoms with E-state index in [1.807, 2.05) is 0 Å². The van der Waals surface area contributed by atoms with E-state index in [4.69, 9.17) is 23.7 Å². The molecule has 0 spiro atoms. The van der Waals surface area contributed by atoms with Crippen molar-refractivity contribution in [3.63, 3.8) is 0 Å². The van der Waals surface area contributed by atoms with E-state index in [0.717, 1.165) is 0 Å². The maximum Gasteiger partial charge on any atom is 2.00 e. The summed E-state index contributed by atoms with van der Waals surface area (Å²) in [4.78, 5) is 0. The van der Waals surface area contributed by atoms with Crippen LogP contribution in [0.15, 0.2) is 0 Å². The molecule has 0 radical (unpaired) electrons. The quantitative estimate of drug-likeness (QED) is 0.417. The Labute approximate surface area is 96.6 Å². The summed E-state index contributed by atoms with van der Waals surface area (Å²) in [5, 5.41) is 12.5. The van der Waals surface area contributed by atoms with Crippen molar-refractivity contribution in [2.24, 2.45) is 0 Å². The zero-order valence-electron chi connectivity index (χ0n) is 5.27. The molecule has 0 heterocycles. The van der Waals surface area contributed by atoms with Crippen LogP contribution in [0.3, 0.4) is 0 Å². The largest absolute Gasteiger partial charge is 2.00 e. The van der Waals surface area contributed by atoms with Crippen molar-refractivity contribution in [2.45, 2.75) is 0 Å². The second kappa shape index (κ2) is 181. The Morgan fingerprint density at radius 2 is 1.00 bits per heavy atom. The van der Waals surface area contributed by atoms with Gasteiger partial charge < -0.3 is 26.5 Å². The Bertz CT molecular complexity index is 38.0. The Morgan fingerprint density at radius 1 is 1.00 bits per heavy atom. The molecule has 0 unspecified atom stereocenters. The summed E-state index contributed by atoms with van der Waals surface area (Å²) >= 11 is 0. The van der Waals surface area contributed by atoms with Crippen LogP contribution < -0.4 is 0 Å². The Balaban J connectivity index is -0.00000000114. The molecule has 0 aromatic heterocycles. The minimum Gasteiger partial charge on any atom is -1.00 e. The summed E-state index contributed by atoms with van der Waals surface area (Å²) in [7, 11) is 0. The smallest absolute Gasteiger partial charge is 1.00 e. The molecule has 7 heavy (non-hydrogen) atoms. The van der Waals surface area contributed by atoms with Crippen molar-refractivity contribution < 1.29 is 36.4 Å². The van der Waals surface area contributed by atoms with Gasteiger partial charge >= 0.3 is 54.2 Å². The van der Waals surface area contributed by atoms with Crippen molar-refractivity contribution in [3.8, 4) is 0 Å². The van der Waals surface area contributed by atoms with Gasteiger partial charge in [-0.15, -0.1) is 0 Å². The number of rotatable bonds is 0. The van der Waals surface area contributed by atoms with Gasteiger partial charge in [0.2, 0.25) is 0 Å². The molecule has 0 aromatic carbocycles. The van der Waals surface area contributed by atoms with Gasteiger partial charge in [0.15, 0.2) is 0 Å². The number of hydrogen-bond acceptors (Lipinski definition) is 2. The molecular formula is C2H2CaFeN2Ni. The first-order valence-corrected chi connectivity index (χ1v) is 0.447. The molecule has 0 N–H and O–H groups in total. The summed E-state index contributed by atoms with van der Waals surface area (Å²) in [6.45, 7) is 9.50. The maximum atomic E-state index is 6.25. The van der Waals surface area contributed by atoms with Crippen LogP contribution in [0, 0.1) is 23.7 Å². The van der Waals surface area contributed by atoms with Crippen molar-refractivity contribution in [1.82, 2.24) is 0 Å². The van der Waals surface area contributed by atoms with Crippen LogP contribution in [-0.2, 0) is 33.6 Å². The normalized spacial score (nSPS) is 0.571. The SMILES string of the molecule is [C-]#N.[C-]#N.[Ca+2].[Fe].[H-].[H-].[Ni+2]. The van der Waals surface area contributed by atoms with E-state index in [1.54, 1.807) is 0 Å². The van der Waals surface area contributed by atoms with Crippen molar-refractivity contribution in [1.29, 1.82) is 10.5 Å². The molecule has 0 rings (SSSR count). The molecule has 2 nitrogen and oxygen atoms in total. The van der Waals surface area contributed by atoms with Crippen molar-refractivity contribution >= 4 is 37.7 Å². The molecule has 0 amide bonds. The summed E-state index contributed by atoms with van der Waals surface area (Å²) in [6, 6.07) is 0. The Morgan fingerprint density at radius 3 is 1.00 bits per heavy atom. The first-order valence-electron chi connectivity index (χ1n) is 0.447. The molecule has 0 aromatic rings. The summed E-state index contributed by atoms with van der Waals surface area (Å²) in [5.41, 5.74) is 0. The van der Waals surface area contributed by atoms with E-state index in [1.165, 1.54) is 0 Å². The van der Waals surface area contributed by atoms with Gasteiger partial charge in [-0.2, -0.15) is 0 Å². The van der Waals surface area contributed by atoms with E-state index >= 15 is 0 Å². The fourth-order valence-corrected chi connectivity index (χ4v) is 0. The standard InChI is InChI=1S/2CN.Ca.Fe.Ni.2H/c2*1-2;;;;;/q2*-1;+2;;+2;2*-1. The third kappa shape index (κ3) is 128. The van der Waals surface area contributed by atoms with Gasteiger partial charge in [0.1, 0.15) is 0 Å². The molecular weight excluding hydrogens is 207 g/mol. The summed E-state index contributed by atoms with van der Waals surface area (Å²) in [5.74, 6) is 0. The van der Waals surface area contributed by atoms with E-state index in [0.29, 0.717) is 0 Å². The van der Waals surface area contributed by atoms with Crippen LogP contribution in [-0.4, -0.2) is 37.7 Å². The van der Waals surface area contributed by atoms with Crippen LogP contribution in [0.1, 0.15) is 2.85 Å². The van der Waals surface area contributed by atoms with Crippen LogP contribution in [0.2, 0.25) is 0 Å². The fourth-order valence-electron chi connectivity index (χ4n) is 0. The third-order valence-electron chi connectivity index (χ3n) is 0. The average Bonchev–Trinajstić information content (AvgIpc) is 1.50. The van der Waals surface area contributed by atoms with Crippen molar-refractivity contribution in [2.75, 3.05) is 0 Å². The van der Waals surface area contributed by atoms with Gasteiger partial charge in [0, 0.05) is 17.1 Å². The van der Waals surface area contributed by atoms with Crippen LogP contribution in [0.5, 0.6) is 0 Å². The average molecular weight is 209 g/mol. The third-order valence-corrected chi connectivity index (χ3v) is 0. The van der Waals surface area contributed by atoms with Gasteiger partial charge in [-0.1, -0.05) is 0 Å². The zero-order valence-corrected chi connectivity index (χ0v) is 7.57. The molecule has 0 aliphatic rings. The molecule has 0 aliphatic carbocycles. The molecule has 0 atom stereocenters. The molecule has 0 fully saturated rings. The molecule has 0 aliphatic heterocycles. The topological polar surface area (TPSA) is 47.6 Å². The fraction of sp³-hybridized carbons (Fsp3) is 0. The van der Waals surface area contributed by atoms with E-state index in [2.05, 4.69) is 0 Å². The predicted molar refractivity (Wildman–Crippen MR) is 17.9 cm³/mol. The zero-order chi connectivity index (χ0) is 4.00. The van der Waals surface area contributed by atoms with Crippen LogP contribution in [0.4, 0.5) is 0 Å². The van der Waals surface area contributed by atoms with Crippen molar-refractivity contribution in [3.05, 3.63) is 13.1 Å². The van der Waals surface area contributed by atoms with Gasteiger partial charge in [-0.3, -0.25) is 0 Å². The maximum absolute atomic E-state index is 6.25. The van der Waals surface area contributed by atoms with E-state index < -0.39 is 0 Å². The number of nitrogens with zero attached hydrogens (tertiary/aromatic N) is 2. The molecule has 5 heteroatoms. The van der Waals surface area contributed by atoms with E-state index in [-0.39, 0.29) is 74.2 Å². The molecule has 0 saturated carbocycles. The molecule has 0 bridgehead atoms. The van der Waals surface area contributed by atoms with E-state index in [9.17, 15) is 0 Å². The monoisotopic (exact) mass is 208 g/mol. The Kier molecular flexibility index (Phi) is 1060. The first kappa shape index (κ1) is 41.0. The Hall–Kier alpha value is 1.25. The summed E-state index contributed by atoms with van der Waals surface area (Å²) in [6.07, 6.45) is 0. The van der Waals surface area contributed by atoms with Crippen LogP contribution >= 0.6 is 0 Å². The predicted octanol–water partition coefficient (Wildman–Crippen LogP) is 0.0319. The van der Waals surface area contributed by atoms with Gasteiger partial charge in [-0.25, -0.2) is 0 Å². The summed E-state index contributed by atoms with van der Waals surface area (Å²) < 4.78 is 0. The second-order valence-corrected chi connectivity index (χ2v) is 0. The minimum absolute atomic E-state index is 0. The molecule has 40 valence electrons. The van der Waals surface area contributed by atoms with Gasteiger partial charge in [-0.05, 0) is 0 Å². The second-order valence-electron chi connectivity index (χ2n) is 0. The van der Waals surface area contributed by atoms with Gasteiger partial charge in [0.25, 0.3) is 0 Å². The van der Waals surface area contributed by atoms with Gasteiger partial charge in [0.05, 0.1) is 0 Å². The number of hydrogen-bond donors (Lipinski definition) is 0. The first-order chi connectivity index (χ1) is 2.00. The minimum atomic E-state index is 0.